The van der Waals surface area contributed by atoms with Crippen LogP contribution in [0.25, 0.3) is 11.1 Å². The summed E-state index contributed by atoms with van der Waals surface area (Å²) in [6, 6.07) is 12.3. The number of hydrogen-bond acceptors (Lipinski definition) is 6. The number of carbonyl (C=O) groups is 3. The molecular formula is C37H45N5O5. The summed E-state index contributed by atoms with van der Waals surface area (Å²) in [5.41, 5.74) is 7.23. The molecule has 3 aliphatic heterocycles. The molecule has 4 heterocycles. The number of amides is 3. The number of rotatable bonds is 7. The highest BCUT2D eigenvalue weighted by Gasteiger charge is 2.48. The van der Waals surface area contributed by atoms with Gasteiger partial charge in [-0.2, -0.15) is 0 Å². The highest BCUT2D eigenvalue weighted by molar-refractivity contribution is 6.07. The number of fused-ring (bicyclic) bond motifs is 2. The molecule has 0 saturated carbocycles. The molecule has 3 amide bonds. The number of nitrogens with zero attached hydrogens (tertiary/aromatic N) is 2. The normalized spacial score (nSPS) is 17.4. The van der Waals surface area contributed by atoms with Gasteiger partial charge in [-0.1, -0.05) is 12.1 Å². The number of ether oxygens (including phenoxy) is 1. The van der Waals surface area contributed by atoms with E-state index in [4.69, 9.17) is 4.74 Å². The molecule has 47 heavy (non-hydrogen) atoms. The van der Waals surface area contributed by atoms with Crippen molar-refractivity contribution in [3.05, 3.63) is 80.3 Å². The number of nitrogens with one attached hydrogen (secondary N) is 3. The number of pyridine rings is 1. The molecule has 3 aromatic rings. The fraction of sp³-hybridized carbons (Fsp3) is 0.459. The molecule has 3 aliphatic rings. The van der Waals surface area contributed by atoms with Crippen LogP contribution in [0.15, 0.2) is 41.2 Å². The second kappa shape index (κ2) is 13.0. The Hall–Kier alpha value is -4.44. The van der Waals surface area contributed by atoms with E-state index in [0.29, 0.717) is 50.3 Å². The number of likely N-dealkylation sites (tertiary alicyclic amines) is 1. The summed E-state index contributed by atoms with van der Waals surface area (Å²) in [6.07, 6.45) is 2.98. The summed E-state index contributed by atoms with van der Waals surface area (Å²) in [4.78, 5) is 59.0. The molecule has 0 unspecified atom stereocenters. The number of aromatic nitrogens is 1. The first-order valence-corrected chi connectivity index (χ1v) is 16.7. The summed E-state index contributed by atoms with van der Waals surface area (Å²) in [7, 11) is 0. The average Bonchev–Trinajstić information content (AvgIpc) is 3.31. The smallest absolute Gasteiger partial charge is 0.253 e. The quantitative estimate of drug-likeness (QED) is 0.344. The van der Waals surface area contributed by atoms with E-state index in [1.54, 1.807) is 11.8 Å². The zero-order valence-electron chi connectivity index (χ0n) is 28.0. The van der Waals surface area contributed by atoms with Gasteiger partial charge in [-0.15, -0.1) is 0 Å². The van der Waals surface area contributed by atoms with E-state index in [0.717, 1.165) is 64.3 Å². The van der Waals surface area contributed by atoms with Crippen molar-refractivity contribution in [2.45, 2.75) is 78.3 Å². The molecule has 1 aromatic heterocycles. The minimum Gasteiger partial charge on any atom is -0.381 e. The van der Waals surface area contributed by atoms with Gasteiger partial charge < -0.3 is 30.2 Å². The maximum absolute atomic E-state index is 13.9. The summed E-state index contributed by atoms with van der Waals surface area (Å²) in [5.74, 6) is -0.235. The molecule has 3 N–H and O–H groups in total. The lowest BCUT2D eigenvalue weighted by Gasteiger charge is -2.37. The number of anilines is 2. The molecule has 10 heteroatoms. The highest BCUT2D eigenvalue weighted by Crippen LogP contribution is 2.46. The molecule has 0 bridgehead atoms. The molecule has 0 radical (unpaired) electrons. The molecule has 0 atom stereocenters. The first-order valence-electron chi connectivity index (χ1n) is 16.7. The second-order valence-electron chi connectivity index (χ2n) is 13.2. The lowest BCUT2D eigenvalue weighted by Crippen LogP contribution is -2.47. The van der Waals surface area contributed by atoms with Crippen molar-refractivity contribution in [1.82, 2.24) is 15.2 Å². The van der Waals surface area contributed by atoms with Crippen LogP contribution in [-0.2, 0) is 26.3 Å². The topological polar surface area (TPSA) is 124 Å². The van der Waals surface area contributed by atoms with Crippen LogP contribution >= 0.6 is 0 Å². The number of hydrogen-bond donors (Lipinski definition) is 3. The van der Waals surface area contributed by atoms with Gasteiger partial charge in [0.05, 0.1) is 5.41 Å². The molecule has 248 valence electrons. The average molecular weight is 640 g/mol. The van der Waals surface area contributed by atoms with E-state index in [1.807, 2.05) is 51.1 Å². The number of aryl methyl sites for hydroxylation is 2. The predicted octanol–water partition coefficient (Wildman–Crippen LogP) is 4.73. The van der Waals surface area contributed by atoms with E-state index in [-0.39, 0.29) is 35.9 Å². The van der Waals surface area contributed by atoms with Crippen molar-refractivity contribution in [3.63, 3.8) is 0 Å². The first kappa shape index (κ1) is 32.5. The third-order valence-electron chi connectivity index (χ3n) is 10.4. The van der Waals surface area contributed by atoms with Crippen LogP contribution in [0.3, 0.4) is 0 Å². The largest absolute Gasteiger partial charge is 0.381 e. The van der Waals surface area contributed by atoms with Crippen molar-refractivity contribution in [2.24, 2.45) is 0 Å². The van der Waals surface area contributed by atoms with Crippen molar-refractivity contribution in [1.29, 1.82) is 0 Å². The van der Waals surface area contributed by atoms with Crippen LogP contribution in [0.1, 0.15) is 77.8 Å². The Morgan fingerprint density at radius 3 is 2.40 bits per heavy atom. The summed E-state index contributed by atoms with van der Waals surface area (Å²) in [5, 5.41) is 6.15. The van der Waals surface area contributed by atoms with Crippen LogP contribution in [0, 0.1) is 20.8 Å². The molecule has 0 aliphatic carbocycles. The van der Waals surface area contributed by atoms with Crippen molar-refractivity contribution >= 4 is 29.1 Å². The lowest BCUT2D eigenvalue weighted by molar-refractivity contribution is -0.133. The zero-order chi connectivity index (χ0) is 33.5. The second-order valence-corrected chi connectivity index (χ2v) is 13.2. The monoisotopic (exact) mass is 639 g/mol. The van der Waals surface area contributed by atoms with E-state index in [9.17, 15) is 19.2 Å². The van der Waals surface area contributed by atoms with E-state index < -0.39 is 5.41 Å². The fourth-order valence-corrected chi connectivity index (χ4v) is 7.70. The van der Waals surface area contributed by atoms with E-state index in [2.05, 4.69) is 33.5 Å². The van der Waals surface area contributed by atoms with Gasteiger partial charge in [0.1, 0.15) is 0 Å². The minimum absolute atomic E-state index is 0.0180. The Labute approximate surface area is 275 Å². The maximum Gasteiger partial charge on any atom is 0.253 e. The van der Waals surface area contributed by atoms with E-state index >= 15 is 0 Å². The predicted molar refractivity (Wildman–Crippen MR) is 183 cm³/mol. The molecule has 6 rings (SSSR count). The van der Waals surface area contributed by atoms with Crippen molar-refractivity contribution in [2.75, 3.05) is 43.1 Å². The SMILES string of the molecule is CCN(c1cc(-c2ccc3c(c2)NC(=O)C32CCN(C(C)=O)CC2)cc(C(=O)NCc2c(C)cc(C)[nH]c2=O)c1C)C1CCOCC1. The fourth-order valence-electron chi connectivity index (χ4n) is 7.70. The van der Waals surface area contributed by atoms with Gasteiger partial charge in [-0.25, -0.2) is 0 Å². The Kier molecular flexibility index (Phi) is 8.98. The van der Waals surface area contributed by atoms with Crippen LogP contribution in [0.4, 0.5) is 11.4 Å². The Bertz CT molecular complexity index is 1780. The standard InChI is InChI=1S/C37H45N5O5/c1-6-42(28-9-15-47-16-10-28)33-20-27(18-29(24(33)4)34(44)38-21-30-22(2)17-23(3)39-35(30)45)26-7-8-31-32(19-26)40-36(46)37(31)11-13-41(14-12-37)25(5)43/h7-8,17-20,28H,6,9-16,21H2,1-5H3,(H,38,44)(H,39,45)(H,40,46). The molecule has 2 aromatic carbocycles. The summed E-state index contributed by atoms with van der Waals surface area (Å²) < 4.78 is 5.66. The van der Waals surface area contributed by atoms with Gasteiger partial charge in [-0.05, 0) is 105 Å². The minimum atomic E-state index is -0.642. The van der Waals surface area contributed by atoms with Gasteiger partial charge in [-0.3, -0.25) is 19.2 Å². The highest BCUT2D eigenvalue weighted by atomic mass is 16.5. The summed E-state index contributed by atoms with van der Waals surface area (Å²) >= 11 is 0. The first-order chi connectivity index (χ1) is 22.5. The van der Waals surface area contributed by atoms with Crippen LogP contribution in [0.2, 0.25) is 0 Å². The molecule has 1 spiro atoms. The van der Waals surface area contributed by atoms with Gasteiger partial charge in [0.15, 0.2) is 0 Å². The zero-order valence-corrected chi connectivity index (χ0v) is 28.0. The Morgan fingerprint density at radius 1 is 1.02 bits per heavy atom. The van der Waals surface area contributed by atoms with Crippen LogP contribution < -0.4 is 21.1 Å². The van der Waals surface area contributed by atoms with Gasteiger partial charge >= 0.3 is 0 Å². The third-order valence-corrected chi connectivity index (χ3v) is 10.4. The Morgan fingerprint density at radius 2 is 1.74 bits per heavy atom. The Balaban J connectivity index is 1.37. The number of benzene rings is 2. The van der Waals surface area contributed by atoms with Gasteiger partial charge in [0, 0.05) is 80.6 Å². The van der Waals surface area contributed by atoms with Crippen LogP contribution in [-0.4, -0.2) is 66.5 Å². The van der Waals surface area contributed by atoms with Crippen molar-refractivity contribution in [3.8, 4) is 11.1 Å². The number of H-pyrrole nitrogens is 1. The number of aromatic amines is 1. The molecule has 2 saturated heterocycles. The lowest BCUT2D eigenvalue weighted by atomic mass is 9.73. The molecular weight excluding hydrogens is 594 g/mol. The maximum atomic E-state index is 13.9. The number of carbonyl (C=O) groups excluding carboxylic acids is 3. The third kappa shape index (κ3) is 6.06. The van der Waals surface area contributed by atoms with Gasteiger partial charge in [0.2, 0.25) is 11.8 Å². The summed E-state index contributed by atoms with van der Waals surface area (Å²) in [6.45, 7) is 12.8. The van der Waals surface area contributed by atoms with E-state index in [1.165, 1.54) is 0 Å². The van der Waals surface area contributed by atoms with Crippen LogP contribution in [0.5, 0.6) is 0 Å². The molecule has 10 nitrogen and oxygen atoms in total. The molecule has 2 fully saturated rings. The van der Waals surface area contributed by atoms with Gasteiger partial charge in [0.25, 0.3) is 11.5 Å². The van der Waals surface area contributed by atoms with Crippen molar-refractivity contribution < 1.29 is 19.1 Å². The number of piperidine rings is 1.